The molecule has 5 heteroatoms. The third kappa shape index (κ3) is 4.06. The fourth-order valence-corrected chi connectivity index (χ4v) is 3.37. The fourth-order valence-electron chi connectivity index (χ4n) is 2.75. The number of piperidine rings is 1. The summed E-state index contributed by atoms with van der Waals surface area (Å²) in [5.74, 6) is 0.551. The summed E-state index contributed by atoms with van der Waals surface area (Å²) in [4.78, 5) is 12.1. The van der Waals surface area contributed by atoms with Crippen molar-refractivity contribution in [3.8, 4) is 0 Å². The topological polar surface area (TPSA) is 53.2 Å². The first kappa shape index (κ1) is 13.5. The number of halogens is 1. The summed E-state index contributed by atoms with van der Waals surface area (Å²) in [6.07, 6.45) is 6.50. The molecule has 2 fully saturated rings. The molecule has 2 rings (SSSR count). The van der Waals surface area contributed by atoms with E-state index in [9.17, 15) is 4.79 Å². The summed E-state index contributed by atoms with van der Waals surface area (Å²) in [6.45, 7) is 2.08. The van der Waals surface area contributed by atoms with Crippen molar-refractivity contribution in [3.05, 3.63) is 0 Å². The molecule has 0 aromatic heterocycles. The first-order valence-electron chi connectivity index (χ1n) is 6.67. The molecule has 0 aromatic carbocycles. The van der Waals surface area contributed by atoms with Crippen LogP contribution in [0.15, 0.2) is 0 Å². The Morgan fingerprint density at radius 1 is 1.00 bits per heavy atom. The second-order valence-corrected chi connectivity index (χ2v) is 5.81. The van der Waals surface area contributed by atoms with Crippen molar-refractivity contribution < 1.29 is 4.79 Å². The van der Waals surface area contributed by atoms with Crippen LogP contribution in [-0.2, 0) is 4.79 Å². The van der Waals surface area contributed by atoms with E-state index >= 15 is 0 Å². The average Bonchev–Trinajstić information content (AvgIpc) is 2.40. The van der Waals surface area contributed by atoms with Crippen LogP contribution in [0, 0.1) is 5.92 Å². The van der Waals surface area contributed by atoms with Crippen molar-refractivity contribution in [2.45, 2.75) is 50.6 Å². The zero-order chi connectivity index (χ0) is 12.1. The monoisotopic (exact) mass is 351 g/mol. The van der Waals surface area contributed by atoms with Crippen LogP contribution in [0.3, 0.4) is 0 Å². The molecule has 17 heavy (non-hydrogen) atoms. The Morgan fingerprint density at radius 2 is 1.65 bits per heavy atom. The van der Waals surface area contributed by atoms with Crippen LogP contribution < -0.4 is 14.2 Å². The average molecular weight is 351 g/mol. The normalized spacial score (nSPS) is 31.1. The Morgan fingerprint density at radius 3 is 2.24 bits per heavy atom. The molecule has 0 spiro atoms. The summed E-state index contributed by atoms with van der Waals surface area (Å²) >= 11 is 2.22. The van der Waals surface area contributed by atoms with E-state index in [1.807, 2.05) is 0 Å². The van der Waals surface area contributed by atoms with Gasteiger partial charge in [-0.1, -0.05) is 0 Å². The van der Waals surface area contributed by atoms with Crippen molar-refractivity contribution in [1.82, 2.24) is 14.2 Å². The number of nitrogens with one attached hydrogen (secondary N) is 3. The van der Waals surface area contributed by atoms with Crippen LogP contribution in [0.5, 0.6) is 0 Å². The van der Waals surface area contributed by atoms with E-state index in [-0.39, 0.29) is 5.92 Å². The van der Waals surface area contributed by atoms with Gasteiger partial charge in [0.05, 0.1) is 0 Å². The summed E-state index contributed by atoms with van der Waals surface area (Å²) in [7, 11) is 0. The Bertz CT molecular complexity index is 248. The van der Waals surface area contributed by atoms with Gasteiger partial charge in [-0.15, -0.1) is 0 Å². The molecule has 0 atom stereocenters. The van der Waals surface area contributed by atoms with Gasteiger partial charge in [0.2, 0.25) is 5.91 Å². The lowest BCUT2D eigenvalue weighted by molar-refractivity contribution is -0.126. The van der Waals surface area contributed by atoms with E-state index in [2.05, 4.69) is 37.0 Å². The first-order valence-corrected chi connectivity index (χ1v) is 7.74. The highest BCUT2D eigenvalue weighted by molar-refractivity contribution is 14.1. The van der Waals surface area contributed by atoms with Gasteiger partial charge in [-0.05, 0) is 51.6 Å². The smallest absolute Gasteiger partial charge is 0.223 e. The number of hydrogen-bond donors (Lipinski definition) is 3. The third-order valence-electron chi connectivity index (χ3n) is 3.94. The van der Waals surface area contributed by atoms with Gasteiger partial charge in [-0.2, -0.15) is 0 Å². The molecule has 3 N–H and O–H groups in total. The van der Waals surface area contributed by atoms with E-state index in [1.165, 1.54) is 0 Å². The molecule has 98 valence electrons. The number of hydrogen-bond acceptors (Lipinski definition) is 3. The molecule has 1 aliphatic carbocycles. The minimum absolute atomic E-state index is 0.255. The molecule has 0 radical (unpaired) electrons. The summed E-state index contributed by atoms with van der Waals surface area (Å²) in [5, 5.41) is 6.54. The van der Waals surface area contributed by atoms with Crippen LogP contribution in [-0.4, -0.2) is 31.1 Å². The number of rotatable bonds is 3. The zero-order valence-electron chi connectivity index (χ0n) is 10.2. The van der Waals surface area contributed by atoms with Gasteiger partial charge in [-0.25, -0.2) is 0 Å². The predicted molar refractivity (Wildman–Crippen MR) is 76.9 cm³/mol. The molecule has 1 heterocycles. The molecule has 4 nitrogen and oxygen atoms in total. The molecule has 1 aliphatic heterocycles. The molecular formula is C12H22IN3O. The maximum atomic E-state index is 12.1. The minimum Gasteiger partial charge on any atom is -0.353 e. The summed E-state index contributed by atoms with van der Waals surface area (Å²) < 4.78 is 3.27. The lowest BCUT2D eigenvalue weighted by Gasteiger charge is -2.30. The van der Waals surface area contributed by atoms with Gasteiger partial charge in [0.25, 0.3) is 0 Å². The molecule has 0 unspecified atom stereocenters. The van der Waals surface area contributed by atoms with Crippen molar-refractivity contribution in [2.24, 2.45) is 5.92 Å². The number of amides is 1. The lowest BCUT2D eigenvalue weighted by Crippen LogP contribution is -2.45. The van der Waals surface area contributed by atoms with Crippen LogP contribution in [0.25, 0.3) is 0 Å². The highest BCUT2D eigenvalue weighted by atomic mass is 127. The van der Waals surface area contributed by atoms with E-state index in [0.717, 1.165) is 51.6 Å². The van der Waals surface area contributed by atoms with Gasteiger partial charge in [0, 0.05) is 40.9 Å². The largest absolute Gasteiger partial charge is 0.353 e. The quantitative estimate of drug-likeness (QED) is 0.532. The maximum absolute atomic E-state index is 12.1. The van der Waals surface area contributed by atoms with E-state index in [4.69, 9.17) is 0 Å². The van der Waals surface area contributed by atoms with Crippen molar-refractivity contribution >= 4 is 28.8 Å². The van der Waals surface area contributed by atoms with Crippen LogP contribution in [0.4, 0.5) is 0 Å². The zero-order valence-corrected chi connectivity index (χ0v) is 12.3. The molecule has 1 amide bonds. The molecule has 0 aromatic rings. The summed E-state index contributed by atoms with van der Waals surface area (Å²) in [6, 6.07) is 1.02. The van der Waals surface area contributed by atoms with E-state index in [0.29, 0.717) is 18.0 Å². The predicted octanol–water partition coefficient (Wildman–Crippen LogP) is 1.35. The van der Waals surface area contributed by atoms with Crippen LogP contribution in [0.1, 0.15) is 38.5 Å². The molecule has 1 saturated heterocycles. The Kier molecular flexibility index (Phi) is 5.49. The van der Waals surface area contributed by atoms with Crippen molar-refractivity contribution in [2.75, 3.05) is 13.1 Å². The molecule has 2 aliphatic rings. The van der Waals surface area contributed by atoms with E-state index < -0.39 is 0 Å². The van der Waals surface area contributed by atoms with Crippen LogP contribution >= 0.6 is 22.9 Å². The van der Waals surface area contributed by atoms with Gasteiger partial charge < -0.3 is 10.6 Å². The standard InChI is InChI=1S/C12H22IN3O/c13-16-11-3-1-9(2-4-11)12(17)15-10-5-7-14-8-6-10/h9-11,14,16H,1-8H2,(H,15,17)/t9-,11-. The number of carbonyl (C=O) groups is 1. The van der Waals surface area contributed by atoms with Crippen LogP contribution in [0.2, 0.25) is 0 Å². The minimum atomic E-state index is 0.255. The second kappa shape index (κ2) is 6.89. The second-order valence-electron chi connectivity index (χ2n) is 5.19. The highest BCUT2D eigenvalue weighted by Gasteiger charge is 2.27. The Labute approximate surface area is 117 Å². The van der Waals surface area contributed by atoms with Crippen molar-refractivity contribution in [1.29, 1.82) is 0 Å². The van der Waals surface area contributed by atoms with Gasteiger partial charge in [0.15, 0.2) is 0 Å². The van der Waals surface area contributed by atoms with E-state index in [1.54, 1.807) is 0 Å². The SMILES string of the molecule is O=C(NC1CCNCC1)[C@H]1CC[C@H](NI)CC1. The Balaban J connectivity index is 1.72. The maximum Gasteiger partial charge on any atom is 0.223 e. The lowest BCUT2D eigenvalue weighted by atomic mass is 9.85. The number of carbonyl (C=O) groups excluding carboxylic acids is 1. The third-order valence-corrected chi connectivity index (χ3v) is 4.82. The molecule has 0 bridgehead atoms. The van der Waals surface area contributed by atoms with Gasteiger partial charge in [0.1, 0.15) is 0 Å². The Hall–Kier alpha value is 0.120. The highest BCUT2D eigenvalue weighted by Crippen LogP contribution is 2.25. The van der Waals surface area contributed by atoms with Gasteiger partial charge in [-0.3, -0.25) is 8.32 Å². The van der Waals surface area contributed by atoms with Gasteiger partial charge >= 0.3 is 0 Å². The first-order chi connectivity index (χ1) is 8.29. The fraction of sp³-hybridized carbons (Fsp3) is 0.917. The van der Waals surface area contributed by atoms with Crippen molar-refractivity contribution in [3.63, 3.8) is 0 Å². The molecular weight excluding hydrogens is 329 g/mol. The summed E-state index contributed by atoms with van der Waals surface area (Å²) in [5.41, 5.74) is 0. The molecule has 1 saturated carbocycles.